The largest absolute Gasteiger partial charge is 0.271 e. The minimum absolute atomic E-state index is 0.0426. The van der Waals surface area contributed by atoms with Crippen molar-refractivity contribution in [2.24, 2.45) is 5.84 Å². The number of aromatic nitrogens is 1. The van der Waals surface area contributed by atoms with Crippen LogP contribution in [-0.2, 0) is 6.42 Å². The average Bonchev–Trinajstić information content (AvgIpc) is 2.72. The van der Waals surface area contributed by atoms with Crippen molar-refractivity contribution in [3.8, 4) is 0 Å². The second-order valence-corrected chi connectivity index (χ2v) is 5.87. The van der Waals surface area contributed by atoms with Crippen LogP contribution in [-0.4, -0.2) is 4.98 Å². The maximum atomic E-state index is 5.87. The van der Waals surface area contributed by atoms with Gasteiger partial charge in [0, 0.05) is 27.3 Å². The molecule has 90 valence electrons. The molecule has 2 aromatic rings. The summed E-state index contributed by atoms with van der Waals surface area (Å²) in [6.45, 7) is 0. The average molecular weight is 333 g/mol. The summed E-state index contributed by atoms with van der Waals surface area (Å²) >= 11 is 11.0. The molecule has 0 radical (unpaired) electrons. The van der Waals surface area contributed by atoms with Gasteiger partial charge in [-0.25, -0.2) is 4.98 Å². The summed E-state index contributed by atoms with van der Waals surface area (Å²) in [6, 6.07) is 5.88. The monoisotopic (exact) mass is 331 g/mol. The molecule has 17 heavy (non-hydrogen) atoms. The minimum Gasteiger partial charge on any atom is -0.271 e. The fourth-order valence-electron chi connectivity index (χ4n) is 1.57. The molecule has 0 saturated carbocycles. The number of pyridine rings is 1. The third-order valence-electron chi connectivity index (χ3n) is 2.38. The molecular weight excluding hydrogens is 322 g/mol. The van der Waals surface area contributed by atoms with Gasteiger partial charge in [-0.2, -0.15) is 0 Å². The number of rotatable bonds is 4. The van der Waals surface area contributed by atoms with E-state index in [0.717, 1.165) is 16.5 Å². The third-order valence-corrected chi connectivity index (χ3v) is 4.31. The SMILES string of the molecule is NNC(Cc1cc(Br)cs1)c1ccnc(Cl)c1. The summed E-state index contributed by atoms with van der Waals surface area (Å²) in [5, 5.41) is 2.54. The molecule has 6 heteroatoms. The lowest BCUT2D eigenvalue weighted by atomic mass is 10.1. The second kappa shape index (κ2) is 5.93. The molecule has 0 aliphatic rings. The lowest BCUT2D eigenvalue weighted by Crippen LogP contribution is -2.29. The van der Waals surface area contributed by atoms with Crippen LogP contribution < -0.4 is 11.3 Å². The fraction of sp³-hybridized carbons (Fsp3) is 0.182. The molecule has 2 heterocycles. The van der Waals surface area contributed by atoms with Gasteiger partial charge in [0.2, 0.25) is 0 Å². The normalized spacial score (nSPS) is 12.6. The first-order valence-corrected chi connectivity index (χ1v) is 7.04. The number of nitrogens with one attached hydrogen (secondary N) is 1. The Balaban J connectivity index is 2.16. The predicted octanol–water partition coefficient (Wildman–Crippen LogP) is 3.31. The van der Waals surface area contributed by atoms with Crippen LogP contribution >= 0.6 is 38.9 Å². The van der Waals surface area contributed by atoms with Crippen molar-refractivity contribution in [1.82, 2.24) is 10.4 Å². The molecule has 0 amide bonds. The molecule has 0 fully saturated rings. The van der Waals surface area contributed by atoms with E-state index in [4.69, 9.17) is 17.4 Å². The van der Waals surface area contributed by atoms with Crippen molar-refractivity contribution < 1.29 is 0 Å². The highest BCUT2D eigenvalue weighted by molar-refractivity contribution is 9.10. The molecule has 0 spiro atoms. The number of nitrogens with zero attached hydrogens (tertiary/aromatic N) is 1. The van der Waals surface area contributed by atoms with E-state index in [2.05, 4.69) is 37.8 Å². The van der Waals surface area contributed by atoms with Crippen molar-refractivity contribution in [3.63, 3.8) is 0 Å². The van der Waals surface area contributed by atoms with Crippen molar-refractivity contribution in [1.29, 1.82) is 0 Å². The van der Waals surface area contributed by atoms with Crippen LogP contribution in [0, 0.1) is 0 Å². The predicted molar refractivity (Wildman–Crippen MR) is 75.0 cm³/mol. The molecule has 1 unspecified atom stereocenters. The summed E-state index contributed by atoms with van der Waals surface area (Å²) in [6.07, 6.45) is 2.51. The van der Waals surface area contributed by atoms with E-state index in [1.54, 1.807) is 17.5 Å². The number of thiophene rings is 1. The second-order valence-electron chi connectivity index (χ2n) is 3.57. The molecule has 2 aromatic heterocycles. The van der Waals surface area contributed by atoms with Gasteiger partial charge >= 0.3 is 0 Å². The van der Waals surface area contributed by atoms with Crippen LogP contribution in [0.5, 0.6) is 0 Å². The number of halogens is 2. The van der Waals surface area contributed by atoms with Gasteiger partial charge in [0.05, 0.1) is 6.04 Å². The van der Waals surface area contributed by atoms with Gasteiger partial charge in [0.25, 0.3) is 0 Å². The first kappa shape index (κ1) is 13.0. The first-order chi connectivity index (χ1) is 8.19. The molecular formula is C11H11BrClN3S. The van der Waals surface area contributed by atoms with Crippen LogP contribution in [0.15, 0.2) is 34.2 Å². The number of hydrogen-bond donors (Lipinski definition) is 2. The Hall–Kier alpha value is -0.460. The lowest BCUT2D eigenvalue weighted by Gasteiger charge is -2.15. The van der Waals surface area contributed by atoms with E-state index in [-0.39, 0.29) is 6.04 Å². The Kier molecular flexibility index (Phi) is 4.53. The molecule has 2 rings (SSSR count). The van der Waals surface area contributed by atoms with Crippen LogP contribution in [0.1, 0.15) is 16.5 Å². The molecule has 1 atom stereocenters. The summed E-state index contributed by atoms with van der Waals surface area (Å²) in [7, 11) is 0. The quantitative estimate of drug-likeness (QED) is 0.513. The van der Waals surface area contributed by atoms with Crippen molar-refractivity contribution in [2.75, 3.05) is 0 Å². The summed E-state index contributed by atoms with van der Waals surface area (Å²) in [5.74, 6) is 5.59. The highest BCUT2D eigenvalue weighted by Crippen LogP contribution is 2.25. The van der Waals surface area contributed by atoms with Crippen LogP contribution in [0.4, 0.5) is 0 Å². The van der Waals surface area contributed by atoms with Crippen LogP contribution in [0.3, 0.4) is 0 Å². The van der Waals surface area contributed by atoms with Crippen LogP contribution in [0.2, 0.25) is 5.15 Å². The molecule has 3 N–H and O–H groups in total. The molecule has 0 aliphatic heterocycles. The van der Waals surface area contributed by atoms with E-state index in [0.29, 0.717) is 5.15 Å². The maximum absolute atomic E-state index is 5.87. The van der Waals surface area contributed by atoms with Gasteiger partial charge in [0.15, 0.2) is 0 Å². The van der Waals surface area contributed by atoms with E-state index >= 15 is 0 Å². The lowest BCUT2D eigenvalue weighted by molar-refractivity contribution is 0.555. The molecule has 0 aliphatic carbocycles. The summed E-state index contributed by atoms with van der Waals surface area (Å²) in [4.78, 5) is 5.22. The topological polar surface area (TPSA) is 50.9 Å². The van der Waals surface area contributed by atoms with E-state index in [9.17, 15) is 0 Å². The van der Waals surface area contributed by atoms with Crippen LogP contribution in [0.25, 0.3) is 0 Å². The summed E-state index contributed by atoms with van der Waals surface area (Å²) in [5.41, 5.74) is 3.85. The molecule has 0 saturated heterocycles. The zero-order valence-electron chi connectivity index (χ0n) is 8.86. The molecule has 3 nitrogen and oxygen atoms in total. The number of nitrogens with two attached hydrogens (primary N) is 1. The third kappa shape index (κ3) is 3.50. The van der Waals surface area contributed by atoms with Gasteiger partial charge in [-0.3, -0.25) is 11.3 Å². The molecule has 0 aromatic carbocycles. The smallest absolute Gasteiger partial charge is 0.129 e. The first-order valence-electron chi connectivity index (χ1n) is 4.99. The Morgan fingerprint density at radius 2 is 2.35 bits per heavy atom. The highest BCUT2D eigenvalue weighted by Gasteiger charge is 2.12. The van der Waals surface area contributed by atoms with Crippen molar-refractivity contribution in [2.45, 2.75) is 12.5 Å². The van der Waals surface area contributed by atoms with Gasteiger partial charge in [0.1, 0.15) is 5.15 Å². The molecule has 0 bridgehead atoms. The summed E-state index contributed by atoms with van der Waals surface area (Å²) < 4.78 is 1.10. The highest BCUT2D eigenvalue weighted by atomic mass is 79.9. The number of hydrogen-bond acceptors (Lipinski definition) is 4. The van der Waals surface area contributed by atoms with Gasteiger partial charge in [-0.05, 0) is 39.7 Å². The van der Waals surface area contributed by atoms with Gasteiger partial charge in [-0.1, -0.05) is 11.6 Å². The van der Waals surface area contributed by atoms with E-state index < -0.39 is 0 Å². The minimum atomic E-state index is 0.0426. The Labute approximate surface area is 117 Å². The van der Waals surface area contributed by atoms with Crippen molar-refractivity contribution in [3.05, 3.63) is 49.8 Å². The van der Waals surface area contributed by atoms with Gasteiger partial charge in [-0.15, -0.1) is 11.3 Å². The van der Waals surface area contributed by atoms with E-state index in [1.807, 2.05) is 12.1 Å². The van der Waals surface area contributed by atoms with Crippen molar-refractivity contribution >= 4 is 38.9 Å². The van der Waals surface area contributed by atoms with Gasteiger partial charge < -0.3 is 0 Å². The maximum Gasteiger partial charge on any atom is 0.129 e. The standard InChI is InChI=1S/C11H11BrClN3S/c12-8-4-9(17-6-8)5-10(16-14)7-1-2-15-11(13)3-7/h1-4,6,10,16H,5,14H2. The fourth-order valence-corrected chi connectivity index (χ4v) is 3.25. The van der Waals surface area contributed by atoms with E-state index in [1.165, 1.54) is 4.88 Å². The Morgan fingerprint density at radius 3 is 2.94 bits per heavy atom. The zero-order valence-corrected chi connectivity index (χ0v) is 12.0. The Morgan fingerprint density at radius 1 is 1.53 bits per heavy atom. The number of hydrazine groups is 1. The Bertz CT molecular complexity index is 503. The zero-order chi connectivity index (χ0) is 12.3.